The lowest BCUT2D eigenvalue weighted by Crippen LogP contribution is -1.69. The van der Waals surface area contributed by atoms with Gasteiger partial charge in [0.25, 0.3) is 0 Å². The van der Waals surface area contributed by atoms with Gasteiger partial charge in [0.1, 0.15) is 0 Å². The van der Waals surface area contributed by atoms with Crippen molar-refractivity contribution < 1.29 is 0 Å². The SMILES string of the molecule is Br[14CH2]C[14CH2]Br. The van der Waals surface area contributed by atoms with Crippen LogP contribution in [0.3, 0.4) is 0 Å². The summed E-state index contributed by atoms with van der Waals surface area (Å²) in [7, 11) is 0. The molecule has 0 fully saturated rings. The monoisotopic (exact) mass is 204 g/mol. The van der Waals surface area contributed by atoms with E-state index >= 15 is 0 Å². The van der Waals surface area contributed by atoms with Gasteiger partial charge in [0.2, 0.25) is 0 Å². The lowest BCUT2D eigenvalue weighted by atomic mass is 11.3. The molecule has 0 aromatic carbocycles. The second-order valence-electron chi connectivity index (χ2n) is 0.732. The molecule has 0 unspecified atom stereocenters. The summed E-state index contributed by atoms with van der Waals surface area (Å²) < 4.78 is 0. The summed E-state index contributed by atoms with van der Waals surface area (Å²) in [5.41, 5.74) is 0. The summed E-state index contributed by atoms with van der Waals surface area (Å²) in [5.74, 6) is 0. The maximum atomic E-state index is 3.28. The molecule has 32 valence electrons. The van der Waals surface area contributed by atoms with E-state index in [9.17, 15) is 0 Å². The molecule has 0 amide bonds. The fourth-order valence-corrected chi connectivity index (χ4v) is 1.36. The van der Waals surface area contributed by atoms with Crippen molar-refractivity contribution in [1.29, 1.82) is 0 Å². The molecular weight excluding hydrogens is 200 g/mol. The minimum Gasteiger partial charge on any atom is -0.0928 e. The molecule has 0 spiro atoms. The van der Waals surface area contributed by atoms with Crippen molar-refractivity contribution in [2.45, 2.75) is 6.42 Å². The van der Waals surface area contributed by atoms with Crippen molar-refractivity contribution in [2.75, 3.05) is 10.7 Å². The molecule has 0 aliphatic carbocycles. The summed E-state index contributed by atoms with van der Waals surface area (Å²) in [5, 5.41) is 2.22. The molecular formula is C3H6Br2. The standard InChI is InChI=1S/C3H6Br2/c4-2-1-3-5/h1-3H2/i2+2,3+2. The van der Waals surface area contributed by atoms with Crippen LogP contribution < -0.4 is 0 Å². The zero-order chi connectivity index (χ0) is 4.12. The molecule has 0 bridgehead atoms. The van der Waals surface area contributed by atoms with Crippen molar-refractivity contribution >= 4 is 31.9 Å². The summed E-state index contributed by atoms with van der Waals surface area (Å²) in [6.07, 6.45) is 1.22. The normalized spacial score (nSPS) is 8.40. The summed E-state index contributed by atoms with van der Waals surface area (Å²) >= 11 is 6.56. The predicted octanol–water partition coefficient (Wildman–Crippen LogP) is 2.17. The molecule has 0 N–H and O–H groups in total. The van der Waals surface area contributed by atoms with E-state index in [1.165, 1.54) is 6.42 Å². The maximum absolute atomic E-state index is 3.28. The minimum atomic E-state index is 1.11. The van der Waals surface area contributed by atoms with Gasteiger partial charge in [-0.3, -0.25) is 0 Å². The Balaban J connectivity index is 2.19. The van der Waals surface area contributed by atoms with Crippen molar-refractivity contribution in [1.82, 2.24) is 0 Å². The molecule has 0 aliphatic rings. The number of rotatable bonds is 2. The highest BCUT2D eigenvalue weighted by Gasteiger charge is 1.71. The van der Waals surface area contributed by atoms with Crippen LogP contribution in [0, 0.1) is 0 Å². The fourth-order valence-electron chi connectivity index (χ4n) is 0.0505. The van der Waals surface area contributed by atoms with E-state index in [1.54, 1.807) is 0 Å². The Bertz CT molecular complexity index is 12.4. The third-order valence-corrected chi connectivity index (χ3v) is 1.39. The average Bonchev–Trinajstić information content (AvgIpc) is 1.41. The Hall–Kier alpha value is 0.960. The van der Waals surface area contributed by atoms with Crippen LogP contribution in [0.5, 0.6) is 0 Å². The van der Waals surface area contributed by atoms with Gasteiger partial charge in [0.15, 0.2) is 0 Å². The van der Waals surface area contributed by atoms with E-state index in [0.29, 0.717) is 0 Å². The zero-order valence-corrected chi connectivity index (χ0v) is 6.05. The first kappa shape index (κ1) is 5.96. The van der Waals surface area contributed by atoms with Gasteiger partial charge < -0.3 is 0 Å². The molecule has 5 heavy (non-hydrogen) atoms. The maximum Gasteiger partial charge on any atom is 0.00392 e. The van der Waals surface area contributed by atoms with E-state index in [2.05, 4.69) is 31.9 Å². The molecule has 0 radical (unpaired) electrons. The van der Waals surface area contributed by atoms with Gasteiger partial charge in [-0.25, -0.2) is 0 Å². The van der Waals surface area contributed by atoms with Crippen molar-refractivity contribution in [2.24, 2.45) is 0 Å². The molecule has 0 rings (SSSR count). The van der Waals surface area contributed by atoms with Crippen LogP contribution in [0.25, 0.3) is 0 Å². The smallest absolute Gasteiger partial charge is 0.00392 e. The van der Waals surface area contributed by atoms with Gasteiger partial charge in [-0.05, 0) is 6.42 Å². The molecule has 0 heterocycles. The topological polar surface area (TPSA) is 0 Å². The van der Waals surface area contributed by atoms with E-state index in [1.807, 2.05) is 0 Å². The van der Waals surface area contributed by atoms with Gasteiger partial charge in [-0.1, -0.05) is 31.9 Å². The largest absolute Gasteiger partial charge is 0.0928 e. The molecule has 2 heteroatoms. The van der Waals surface area contributed by atoms with Gasteiger partial charge in [-0.15, -0.1) is 0 Å². The summed E-state index contributed by atoms with van der Waals surface area (Å²) in [6.45, 7) is 0. The molecule has 0 saturated carbocycles. The molecule has 0 aromatic heterocycles. The van der Waals surface area contributed by atoms with Gasteiger partial charge in [0, 0.05) is 10.7 Å². The Labute approximate surface area is 49.2 Å². The predicted molar refractivity (Wildman–Crippen MR) is 32.2 cm³/mol. The number of alkyl halides is 2. The fraction of sp³-hybridized carbons (Fsp3) is 1.00. The van der Waals surface area contributed by atoms with Crippen LogP contribution in [0.15, 0.2) is 0 Å². The number of hydrogen-bond acceptors (Lipinski definition) is 0. The van der Waals surface area contributed by atoms with Crippen LogP contribution in [0.4, 0.5) is 0 Å². The Morgan fingerprint density at radius 2 is 1.60 bits per heavy atom. The first-order valence-electron chi connectivity index (χ1n) is 1.53. The quantitative estimate of drug-likeness (QED) is 0.607. The highest BCUT2D eigenvalue weighted by Crippen LogP contribution is 1.90. The first-order chi connectivity index (χ1) is 2.41. The van der Waals surface area contributed by atoms with Crippen LogP contribution in [0.2, 0.25) is 0 Å². The molecule has 0 atom stereocenters. The lowest BCUT2D eigenvalue weighted by Gasteiger charge is -1.76. The minimum absolute atomic E-state index is 1.11. The van der Waals surface area contributed by atoms with Gasteiger partial charge in [-0.2, -0.15) is 0 Å². The zero-order valence-electron chi connectivity index (χ0n) is 2.88. The average molecular weight is 206 g/mol. The molecule has 0 nitrogen and oxygen atoms in total. The first-order valence-corrected chi connectivity index (χ1v) is 3.78. The van der Waals surface area contributed by atoms with E-state index in [4.69, 9.17) is 0 Å². The third kappa shape index (κ3) is 4.96. The van der Waals surface area contributed by atoms with E-state index in [0.717, 1.165) is 10.7 Å². The second kappa shape index (κ2) is 4.96. The van der Waals surface area contributed by atoms with Crippen LogP contribution in [0.1, 0.15) is 6.42 Å². The highest BCUT2D eigenvalue weighted by atomic mass is 79.9. The third-order valence-electron chi connectivity index (χ3n) is 0.267. The Kier molecular flexibility index (Phi) is 5.91. The van der Waals surface area contributed by atoms with Gasteiger partial charge >= 0.3 is 0 Å². The van der Waals surface area contributed by atoms with E-state index in [-0.39, 0.29) is 0 Å². The van der Waals surface area contributed by atoms with Crippen LogP contribution >= 0.6 is 31.9 Å². The molecule has 0 aromatic rings. The Morgan fingerprint density at radius 1 is 1.20 bits per heavy atom. The highest BCUT2D eigenvalue weighted by molar-refractivity contribution is 9.09. The van der Waals surface area contributed by atoms with Crippen molar-refractivity contribution in [3.8, 4) is 0 Å². The van der Waals surface area contributed by atoms with E-state index < -0.39 is 0 Å². The number of hydrogen-bond donors (Lipinski definition) is 0. The summed E-state index contributed by atoms with van der Waals surface area (Å²) in [4.78, 5) is 0. The van der Waals surface area contributed by atoms with Crippen molar-refractivity contribution in [3.05, 3.63) is 0 Å². The van der Waals surface area contributed by atoms with Crippen molar-refractivity contribution in [3.63, 3.8) is 0 Å². The second-order valence-corrected chi connectivity index (χ2v) is 2.32. The van der Waals surface area contributed by atoms with Crippen LogP contribution in [-0.4, -0.2) is 10.7 Å². The molecule has 0 aliphatic heterocycles. The van der Waals surface area contributed by atoms with Crippen LogP contribution in [-0.2, 0) is 0 Å². The van der Waals surface area contributed by atoms with Gasteiger partial charge in [0.05, 0.1) is 0 Å². The summed E-state index contributed by atoms with van der Waals surface area (Å²) in [6, 6.07) is 0. The molecule has 0 saturated heterocycles. The Morgan fingerprint density at radius 3 is 1.60 bits per heavy atom. The number of halogens is 2. The lowest BCUT2D eigenvalue weighted by molar-refractivity contribution is 1.15.